The topological polar surface area (TPSA) is 65.2 Å². The number of phenolic OH excluding ortho intramolecular Hbond substituents is 2. The van der Waals surface area contributed by atoms with Crippen molar-refractivity contribution in [2.45, 2.75) is 0 Å². The quantitative estimate of drug-likeness (QED) is 0.286. The monoisotopic (exact) mass is 420 g/mol. The Bertz CT molecular complexity index is 1130. The average molecular weight is 421 g/mol. The molecule has 0 aliphatic carbocycles. The summed E-state index contributed by atoms with van der Waals surface area (Å²) >= 11 is 0. The first-order valence-electron chi connectivity index (χ1n) is 10.5. The maximum absolute atomic E-state index is 10.6. The molecule has 0 aliphatic rings. The first-order valence-corrected chi connectivity index (χ1v) is 10.5. The van der Waals surface area contributed by atoms with Gasteiger partial charge in [0.1, 0.15) is 11.5 Å². The fraction of sp³-hybridized carbons (Fsp3) is 0.0714. The summed E-state index contributed by atoms with van der Waals surface area (Å²) in [5, 5.41) is 21.2. The lowest BCUT2D eigenvalue weighted by Crippen LogP contribution is -1.92. The minimum Gasteiger partial charge on any atom is -0.507 e. The second-order valence-corrected chi connectivity index (χ2v) is 7.29. The smallest absolute Gasteiger partial charge is 0.132 e. The summed E-state index contributed by atoms with van der Waals surface area (Å²) in [6.45, 7) is 0.954. The average Bonchev–Trinajstić information content (AvgIpc) is 2.84. The third-order valence-electron chi connectivity index (χ3n) is 5.12. The number of nitrogens with zero attached hydrogens (tertiary/aromatic N) is 2. The van der Waals surface area contributed by atoms with Crippen LogP contribution in [0.2, 0.25) is 0 Å². The molecule has 0 amide bonds. The van der Waals surface area contributed by atoms with Gasteiger partial charge >= 0.3 is 0 Å². The van der Waals surface area contributed by atoms with Crippen LogP contribution in [0.5, 0.6) is 11.5 Å². The fourth-order valence-electron chi connectivity index (χ4n) is 3.47. The van der Waals surface area contributed by atoms with Gasteiger partial charge in [0.15, 0.2) is 0 Å². The normalized spacial score (nSPS) is 11.4. The van der Waals surface area contributed by atoms with E-state index in [2.05, 4.69) is 9.98 Å². The Balaban J connectivity index is 1.39. The molecule has 0 radical (unpaired) electrons. The third-order valence-corrected chi connectivity index (χ3v) is 5.12. The van der Waals surface area contributed by atoms with Crippen molar-refractivity contribution in [1.29, 1.82) is 0 Å². The summed E-state index contributed by atoms with van der Waals surface area (Å²) in [5.41, 5.74) is 4.82. The molecule has 4 heteroatoms. The number of hydrogen-bond acceptors (Lipinski definition) is 4. The number of aliphatic imine (C=N–C) groups is 2. The Kier molecular flexibility index (Phi) is 6.73. The molecule has 4 rings (SSSR count). The number of aromatic hydroxyl groups is 2. The Morgan fingerprint density at radius 1 is 0.500 bits per heavy atom. The zero-order valence-electron chi connectivity index (χ0n) is 17.6. The molecule has 32 heavy (non-hydrogen) atoms. The summed E-state index contributed by atoms with van der Waals surface area (Å²) in [4.78, 5) is 8.79. The van der Waals surface area contributed by atoms with E-state index in [-0.39, 0.29) is 11.5 Å². The highest BCUT2D eigenvalue weighted by molar-refractivity contribution is 5.89. The van der Waals surface area contributed by atoms with Gasteiger partial charge in [-0.05, 0) is 23.3 Å². The van der Waals surface area contributed by atoms with Crippen molar-refractivity contribution in [2.24, 2.45) is 9.98 Å². The van der Waals surface area contributed by atoms with Gasteiger partial charge in [0.25, 0.3) is 0 Å². The highest BCUT2D eigenvalue weighted by Gasteiger charge is 2.08. The second-order valence-electron chi connectivity index (χ2n) is 7.29. The zero-order valence-corrected chi connectivity index (χ0v) is 17.6. The van der Waals surface area contributed by atoms with Crippen LogP contribution in [-0.4, -0.2) is 35.7 Å². The molecule has 0 aromatic heterocycles. The Labute approximate surface area is 187 Å². The molecule has 0 saturated carbocycles. The van der Waals surface area contributed by atoms with Gasteiger partial charge in [0.05, 0.1) is 13.1 Å². The molecular weight excluding hydrogens is 396 g/mol. The van der Waals surface area contributed by atoms with Crippen LogP contribution in [0.1, 0.15) is 11.1 Å². The van der Waals surface area contributed by atoms with E-state index in [0.29, 0.717) is 24.2 Å². The molecule has 2 N–H and O–H groups in total. The molecule has 158 valence electrons. The standard InChI is InChI=1S/C28H24N2O2/c31-27-23(13-7-15-25(27)21-9-3-1-4-10-21)19-29-17-18-30-20-24-14-8-16-26(28(24)32)22-11-5-2-6-12-22/h1-16,19-20,31-32H,17-18H2. The van der Waals surface area contributed by atoms with Crippen molar-refractivity contribution < 1.29 is 10.2 Å². The van der Waals surface area contributed by atoms with Crippen molar-refractivity contribution in [3.8, 4) is 33.8 Å². The predicted octanol–water partition coefficient (Wildman–Crippen LogP) is 5.97. The lowest BCUT2D eigenvalue weighted by Gasteiger charge is -2.07. The Morgan fingerprint density at radius 2 is 0.906 bits per heavy atom. The van der Waals surface area contributed by atoms with Crippen molar-refractivity contribution in [2.75, 3.05) is 13.1 Å². The molecule has 0 fully saturated rings. The molecule has 0 heterocycles. The lowest BCUT2D eigenvalue weighted by atomic mass is 10.0. The fourth-order valence-corrected chi connectivity index (χ4v) is 3.47. The van der Waals surface area contributed by atoms with Crippen molar-refractivity contribution >= 4 is 12.4 Å². The van der Waals surface area contributed by atoms with E-state index < -0.39 is 0 Å². The molecule has 4 aromatic rings. The van der Waals surface area contributed by atoms with Crippen molar-refractivity contribution in [1.82, 2.24) is 0 Å². The van der Waals surface area contributed by atoms with Gasteiger partial charge in [-0.1, -0.05) is 84.9 Å². The molecule has 4 nitrogen and oxygen atoms in total. The van der Waals surface area contributed by atoms with Gasteiger partial charge in [-0.2, -0.15) is 0 Å². The first kappa shape index (κ1) is 21.1. The molecule has 0 saturated heterocycles. The van der Waals surface area contributed by atoms with Crippen LogP contribution in [0.25, 0.3) is 22.3 Å². The van der Waals surface area contributed by atoms with E-state index in [4.69, 9.17) is 0 Å². The van der Waals surface area contributed by atoms with Crippen LogP contribution in [0, 0.1) is 0 Å². The van der Waals surface area contributed by atoms with Crippen LogP contribution < -0.4 is 0 Å². The van der Waals surface area contributed by atoms with Gasteiger partial charge in [0.2, 0.25) is 0 Å². The molecule has 0 aliphatic heterocycles. The summed E-state index contributed by atoms with van der Waals surface area (Å²) in [5.74, 6) is 0.433. The number of hydrogen-bond donors (Lipinski definition) is 2. The minimum absolute atomic E-state index is 0.216. The van der Waals surface area contributed by atoms with Crippen molar-refractivity contribution in [3.63, 3.8) is 0 Å². The van der Waals surface area contributed by atoms with Crippen LogP contribution >= 0.6 is 0 Å². The van der Waals surface area contributed by atoms with Gasteiger partial charge in [-0.25, -0.2) is 0 Å². The first-order chi connectivity index (χ1) is 15.7. The molecule has 4 aromatic carbocycles. The maximum atomic E-state index is 10.6. The Morgan fingerprint density at radius 3 is 1.31 bits per heavy atom. The Hall–Kier alpha value is -4.18. The number of rotatable bonds is 7. The minimum atomic E-state index is 0.216. The van der Waals surface area contributed by atoms with Gasteiger partial charge in [-0.15, -0.1) is 0 Å². The van der Waals surface area contributed by atoms with Gasteiger partial charge < -0.3 is 10.2 Å². The highest BCUT2D eigenvalue weighted by Crippen LogP contribution is 2.32. The summed E-state index contributed by atoms with van der Waals surface area (Å²) in [7, 11) is 0. The summed E-state index contributed by atoms with van der Waals surface area (Å²) in [6, 6.07) is 30.8. The predicted molar refractivity (Wildman–Crippen MR) is 132 cm³/mol. The van der Waals surface area contributed by atoms with Crippen molar-refractivity contribution in [3.05, 3.63) is 108 Å². The molecule has 0 bridgehead atoms. The van der Waals surface area contributed by atoms with Crippen LogP contribution in [0.3, 0.4) is 0 Å². The highest BCUT2D eigenvalue weighted by atomic mass is 16.3. The third kappa shape index (κ3) is 4.93. The molecule has 0 unspecified atom stereocenters. The number of benzene rings is 4. The van der Waals surface area contributed by atoms with E-state index >= 15 is 0 Å². The second kappa shape index (κ2) is 10.2. The SMILES string of the molecule is Oc1c(C=NCCN=Cc2cccc(-c3ccccc3)c2O)cccc1-c1ccccc1. The van der Waals surface area contributed by atoms with E-state index in [9.17, 15) is 10.2 Å². The van der Waals surface area contributed by atoms with Gasteiger partial charge in [-0.3, -0.25) is 9.98 Å². The molecular formula is C28H24N2O2. The van der Waals surface area contributed by atoms with E-state index in [0.717, 1.165) is 22.3 Å². The van der Waals surface area contributed by atoms with Crippen LogP contribution in [0.15, 0.2) is 107 Å². The van der Waals surface area contributed by atoms with Crippen LogP contribution in [-0.2, 0) is 0 Å². The van der Waals surface area contributed by atoms with E-state index in [1.54, 1.807) is 12.4 Å². The number of phenols is 2. The van der Waals surface area contributed by atoms with E-state index in [1.165, 1.54) is 0 Å². The van der Waals surface area contributed by atoms with Gasteiger partial charge in [0, 0.05) is 34.7 Å². The summed E-state index contributed by atoms with van der Waals surface area (Å²) < 4.78 is 0. The number of para-hydroxylation sites is 2. The van der Waals surface area contributed by atoms with E-state index in [1.807, 2.05) is 97.1 Å². The molecule has 0 atom stereocenters. The zero-order chi connectivity index (χ0) is 22.2. The molecule has 0 spiro atoms. The largest absolute Gasteiger partial charge is 0.507 e. The van der Waals surface area contributed by atoms with Crippen LogP contribution in [0.4, 0.5) is 0 Å². The lowest BCUT2D eigenvalue weighted by molar-refractivity contribution is 0.476. The maximum Gasteiger partial charge on any atom is 0.132 e. The summed E-state index contributed by atoms with van der Waals surface area (Å²) in [6.07, 6.45) is 3.34.